The maximum atomic E-state index is 12.4. The number of phenols is 1. The molecule has 0 radical (unpaired) electrons. The minimum atomic E-state index is -3.41. The molecule has 0 heterocycles. The number of sulfonamides is 1. The average molecular weight is 377 g/mol. The lowest BCUT2D eigenvalue weighted by Crippen LogP contribution is -2.24. The Kier molecular flexibility index (Phi) is 5.66. The van der Waals surface area contributed by atoms with Gasteiger partial charge in [-0.3, -0.25) is 9.52 Å². The van der Waals surface area contributed by atoms with Crippen LogP contribution in [0.5, 0.6) is 5.75 Å². The Morgan fingerprint density at radius 2 is 1.73 bits per heavy atom. The van der Waals surface area contributed by atoms with Gasteiger partial charge in [0.05, 0.1) is 6.26 Å². The molecule has 2 aromatic rings. The number of ether oxygens (including phenoxy) is 1. The number of Topliss-reactive ketones (excluding diaryl/α,β-unsaturated/α-hetero) is 1. The molecule has 0 fully saturated rings. The first-order valence-electron chi connectivity index (χ1n) is 7.70. The summed E-state index contributed by atoms with van der Waals surface area (Å²) in [5.41, 5.74) is 1.08. The van der Waals surface area contributed by atoms with E-state index in [4.69, 9.17) is 4.74 Å². The lowest BCUT2D eigenvalue weighted by Gasteiger charge is -2.14. The fourth-order valence-corrected chi connectivity index (χ4v) is 2.82. The van der Waals surface area contributed by atoms with Crippen molar-refractivity contribution in [1.82, 2.24) is 0 Å². The summed E-state index contributed by atoms with van der Waals surface area (Å²) in [7, 11) is -3.41. The van der Waals surface area contributed by atoms with Gasteiger partial charge in [0.25, 0.3) is 0 Å². The zero-order valence-electron chi connectivity index (χ0n) is 14.5. The van der Waals surface area contributed by atoms with Crippen LogP contribution in [0.15, 0.2) is 42.5 Å². The van der Waals surface area contributed by atoms with Gasteiger partial charge in [-0.2, -0.15) is 0 Å². The minimum Gasteiger partial charge on any atom is -0.507 e. The number of benzene rings is 2. The summed E-state index contributed by atoms with van der Waals surface area (Å²) in [5, 5.41) is 9.92. The molecule has 8 heteroatoms. The number of carbonyl (C=O) groups excluding carboxylic acids is 2. The first-order chi connectivity index (χ1) is 12.1. The summed E-state index contributed by atoms with van der Waals surface area (Å²) in [5.74, 6) is -1.44. The average Bonchev–Trinajstić information content (AvgIpc) is 2.55. The maximum absolute atomic E-state index is 12.4. The molecule has 26 heavy (non-hydrogen) atoms. The van der Waals surface area contributed by atoms with Crippen LogP contribution in [0, 0.1) is 6.92 Å². The number of anilines is 1. The number of aromatic hydroxyl groups is 1. The monoisotopic (exact) mass is 377 g/mol. The van der Waals surface area contributed by atoms with Crippen molar-refractivity contribution in [2.24, 2.45) is 0 Å². The van der Waals surface area contributed by atoms with E-state index in [1.54, 1.807) is 19.1 Å². The van der Waals surface area contributed by atoms with Crippen LogP contribution < -0.4 is 4.72 Å². The van der Waals surface area contributed by atoms with Crippen LogP contribution in [0.25, 0.3) is 0 Å². The number of nitrogens with one attached hydrogen (secondary N) is 1. The Bertz CT molecular complexity index is 935. The second-order valence-corrected chi connectivity index (χ2v) is 7.58. The van der Waals surface area contributed by atoms with Crippen molar-refractivity contribution in [3.8, 4) is 5.75 Å². The van der Waals surface area contributed by atoms with E-state index < -0.39 is 27.9 Å². The SMILES string of the molecule is Cc1cccc(C(=O)OC(C)C(=O)c2ccc(NS(C)(=O)=O)cc2)c1O. The Labute approximate surface area is 151 Å². The quantitative estimate of drug-likeness (QED) is 0.591. The molecule has 0 spiro atoms. The van der Waals surface area contributed by atoms with Crippen LogP contribution in [0.1, 0.15) is 33.2 Å². The summed E-state index contributed by atoms with van der Waals surface area (Å²) in [6.45, 7) is 3.07. The Hall–Kier alpha value is -2.87. The standard InChI is InChI=1S/C18H19NO6S/c1-11-5-4-6-15(16(11)20)18(22)25-12(2)17(21)13-7-9-14(10-8-13)19-26(3,23)24/h4-10,12,19-20H,1-3H3. The highest BCUT2D eigenvalue weighted by molar-refractivity contribution is 7.92. The summed E-state index contributed by atoms with van der Waals surface area (Å²) >= 11 is 0. The van der Waals surface area contributed by atoms with Crippen molar-refractivity contribution in [3.63, 3.8) is 0 Å². The Morgan fingerprint density at radius 1 is 1.12 bits per heavy atom. The van der Waals surface area contributed by atoms with Crippen LogP contribution >= 0.6 is 0 Å². The Balaban J connectivity index is 2.09. The van der Waals surface area contributed by atoms with Crippen molar-refractivity contribution >= 4 is 27.5 Å². The number of ketones is 1. The topological polar surface area (TPSA) is 110 Å². The number of esters is 1. The third kappa shape index (κ3) is 4.82. The molecule has 138 valence electrons. The van der Waals surface area contributed by atoms with Gasteiger partial charge < -0.3 is 9.84 Å². The molecule has 0 aliphatic heterocycles. The Morgan fingerprint density at radius 3 is 2.31 bits per heavy atom. The number of carbonyl (C=O) groups is 2. The molecule has 2 N–H and O–H groups in total. The molecule has 0 amide bonds. The number of rotatable bonds is 6. The van der Waals surface area contributed by atoms with Crippen LogP contribution in [-0.4, -0.2) is 37.6 Å². The molecular formula is C18H19NO6S. The maximum Gasteiger partial charge on any atom is 0.342 e. The molecule has 1 unspecified atom stereocenters. The van der Waals surface area contributed by atoms with Gasteiger partial charge in [0.15, 0.2) is 6.10 Å². The first kappa shape index (κ1) is 19.5. The predicted octanol–water partition coefficient (Wildman–Crippen LogP) is 2.50. The largest absolute Gasteiger partial charge is 0.507 e. The van der Waals surface area contributed by atoms with Gasteiger partial charge in [-0.25, -0.2) is 13.2 Å². The van der Waals surface area contributed by atoms with Gasteiger partial charge in [0.1, 0.15) is 11.3 Å². The summed E-state index contributed by atoms with van der Waals surface area (Å²) in [4.78, 5) is 24.5. The highest BCUT2D eigenvalue weighted by atomic mass is 32.2. The third-order valence-corrected chi connectivity index (χ3v) is 4.19. The van der Waals surface area contributed by atoms with Gasteiger partial charge in [-0.15, -0.1) is 0 Å². The lowest BCUT2D eigenvalue weighted by atomic mass is 10.1. The van der Waals surface area contributed by atoms with Gasteiger partial charge in [0.2, 0.25) is 15.8 Å². The van der Waals surface area contributed by atoms with Crippen LogP contribution in [0.4, 0.5) is 5.69 Å². The number of phenolic OH excluding ortho intramolecular Hbond substituents is 1. The second-order valence-electron chi connectivity index (χ2n) is 5.83. The normalized spacial score (nSPS) is 12.3. The molecule has 1 atom stereocenters. The van der Waals surface area contributed by atoms with E-state index in [0.717, 1.165) is 6.26 Å². The highest BCUT2D eigenvalue weighted by Crippen LogP contribution is 2.23. The molecule has 0 bridgehead atoms. The second kappa shape index (κ2) is 7.57. The van der Waals surface area contributed by atoms with E-state index in [1.807, 2.05) is 0 Å². The molecule has 7 nitrogen and oxygen atoms in total. The van der Waals surface area contributed by atoms with Crippen LogP contribution in [-0.2, 0) is 14.8 Å². The van der Waals surface area contributed by atoms with Gasteiger partial charge in [-0.1, -0.05) is 12.1 Å². The number of hydrogen-bond acceptors (Lipinski definition) is 6. The van der Waals surface area contributed by atoms with Crippen molar-refractivity contribution < 1.29 is 27.9 Å². The molecule has 2 aromatic carbocycles. The first-order valence-corrected chi connectivity index (χ1v) is 9.59. The molecule has 0 saturated heterocycles. The molecule has 0 aliphatic rings. The van der Waals surface area contributed by atoms with E-state index in [-0.39, 0.29) is 16.9 Å². The summed E-state index contributed by atoms with van der Waals surface area (Å²) < 4.78 is 29.8. The minimum absolute atomic E-state index is 0.0163. The highest BCUT2D eigenvalue weighted by Gasteiger charge is 2.22. The van der Waals surface area contributed by atoms with Gasteiger partial charge >= 0.3 is 5.97 Å². The lowest BCUT2D eigenvalue weighted by molar-refractivity contribution is 0.0316. The number of hydrogen-bond donors (Lipinski definition) is 2. The van der Waals surface area contributed by atoms with E-state index in [0.29, 0.717) is 11.3 Å². The molecule has 0 aromatic heterocycles. The fraction of sp³-hybridized carbons (Fsp3) is 0.222. The third-order valence-electron chi connectivity index (χ3n) is 3.58. The molecular weight excluding hydrogens is 358 g/mol. The van der Waals surface area contributed by atoms with E-state index >= 15 is 0 Å². The van der Waals surface area contributed by atoms with Crippen molar-refractivity contribution in [3.05, 3.63) is 59.2 Å². The van der Waals surface area contributed by atoms with Crippen LogP contribution in [0.2, 0.25) is 0 Å². The molecule has 2 rings (SSSR count). The number of aryl methyl sites for hydroxylation is 1. The van der Waals surface area contributed by atoms with Crippen molar-refractivity contribution in [1.29, 1.82) is 0 Å². The zero-order chi connectivity index (χ0) is 19.5. The molecule has 0 saturated carbocycles. The van der Waals surface area contributed by atoms with E-state index in [1.165, 1.54) is 37.3 Å². The number of para-hydroxylation sites is 1. The van der Waals surface area contributed by atoms with Gasteiger partial charge in [-0.05, 0) is 49.7 Å². The smallest absolute Gasteiger partial charge is 0.342 e. The van der Waals surface area contributed by atoms with Crippen LogP contribution in [0.3, 0.4) is 0 Å². The van der Waals surface area contributed by atoms with E-state index in [9.17, 15) is 23.1 Å². The van der Waals surface area contributed by atoms with Gasteiger partial charge in [0, 0.05) is 11.3 Å². The summed E-state index contributed by atoms with van der Waals surface area (Å²) in [6.07, 6.45) is -0.0509. The molecule has 0 aliphatic carbocycles. The fourth-order valence-electron chi connectivity index (χ4n) is 2.25. The van der Waals surface area contributed by atoms with Crippen molar-refractivity contribution in [2.75, 3.05) is 11.0 Å². The summed E-state index contributed by atoms with van der Waals surface area (Å²) in [6, 6.07) is 10.4. The van der Waals surface area contributed by atoms with Crippen molar-refractivity contribution in [2.45, 2.75) is 20.0 Å². The zero-order valence-corrected chi connectivity index (χ0v) is 15.3. The van der Waals surface area contributed by atoms with E-state index in [2.05, 4.69) is 4.72 Å². The predicted molar refractivity (Wildman–Crippen MR) is 97.0 cm³/mol.